The molecule has 7 atom stereocenters. The third-order valence-corrected chi connectivity index (χ3v) is 7.35. The molecule has 23 heavy (non-hydrogen) atoms. The van der Waals surface area contributed by atoms with Crippen molar-refractivity contribution in [2.75, 3.05) is 13.2 Å². The van der Waals surface area contributed by atoms with Gasteiger partial charge in [-0.25, -0.2) is 0 Å². The van der Waals surface area contributed by atoms with Crippen molar-refractivity contribution in [2.24, 2.45) is 40.7 Å². The van der Waals surface area contributed by atoms with Gasteiger partial charge in [0.25, 0.3) is 0 Å². The van der Waals surface area contributed by atoms with E-state index in [1.165, 1.54) is 38.5 Å². The Morgan fingerprint density at radius 1 is 1.22 bits per heavy atom. The Kier molecular flexibility index (Phi) is 6.98. The Morgan fingerprint density at radius 2 is 1.96 bits per heavy atom. The van der Waals surface area contributed by atoms with Crippen molar-refractivity contribution in [3.05, 3.63) is 0 Å². The van der Waals surface area contributed by atoms with E-state index < -0.39 is 0 Å². The van der Waals surface area contributed by atoms with Crippen LogP contribution in [0.4, 0.5) is 0 Å². The number of hydrogen-bond donors (Lipinski definition) is 1. The van der Waals surface area contributed by atoms with Crippen LogP contribution in [0.1, 0.15) is 79.6 Å². The number of rotatable bonds is 8. The van der Waals surface area contributed by atoms with E-state index in [9.17, 15) is 0 Å². The summed E-state index contributed by atoms with van der Waals surface area (Å²) in [4.78, 5) is 0. The Hall–Kier alpha value is -0.0800. The molecule has 0 aliphatic heterocycles. The molecule has 2 aliphatic carbocycles. The van der Waals surface area contributed by atoms with Crippen LogP contribution in [0, 0.1) is 35.0 Å². The van der Waals surface area contributed by atoms with Crippen molar-refractivity contribution >= 4 is 0 Å². The molecule has 0 heterocycles. The number of nitrogens with two attached hydrogens (primary N) is 1. The first-order chi connectivity index (χ1) is 11.0. The highest BCUT2D eigenvalue weighted by atomic mass is 16.5. The minimum absolute atomic E-state index is 0.484. The van der Waals surface area contributed by atoms with E-state index in [2.05, 4.69) is 34.6 Å². The van der Waals surface area contributed by atoms with E-state index >= 15 is 0 Å². The second kappa shape index (κ2) is 8.34. The maximum Gasteiger partial charge on any atom is 0.0603 e. The molecule has 0 bridgehead atoms. The van der Waals surface area contributed by atoms with Gasteiger partial charge in [-0.2, -0.15) is 0 Å². The molecule has 2 nitrogen and oxygen atoms in total. The molecule has 0 aromatic heterocycles. The largest absolute Gasteiger partial charge is 0.378 e. The van der Waals surface area contributed by atoms with Gasteiger partial charge in [0.2, 0.25) is 0 Å². The van der Waals surface area contributed by atoms with Crippen LogP contribution >= 0.6 is 0 Å². The molecule has 0 aromatic rings. The van der Waals surface area contributed by atoms with Gasteiger partial charge in [0.1, 0.15) is 0 Å². The molecule has 0 spiro atoms. The monoisotopic (exact) mass is 323 g/mol. The summed E-state index contributed by atoms with van der Waals surface area (Å²) in [6.07, 6.45) is 9.78. The minimum Gasteiger partial charge on any atom is -0.378 e. The van der Waals surface area contributed by atoms with Gasteiger partial charge in [0.15, 0.2) is 0 Å². The predicted octanol–water partition coefficient (Wildman–Crippen LogP) is 5.26. The van der Waals surface area contributed by atoms with E-state index in [-0.39, 0.29) is 0 Å². The third kappa shape index (κ3) is 3.95. The van der Waals surface area contributed by atoms with E-state index in [4.69, 9.17) is 10.5 Å². The maximum absolute atomic E-state index is 6.29. The van der Waals surface area contributed by atoms with E-state index in [0.29, 0.717) is 17.4 Å². The van der Waals surface area contributed by atoms with Crippen LogP contribution in [-0.2, 0) is 4.74 Å². The van der Waals surface area contributed by atoms with Gasteiger partial charge >= 0.3 is 0 Å². The predicted molar refractivity (Wildman–Crippen MR) is 99.4 cm³/mol. The zero-order valence-electron chi connectivity index (χ0n) is 16.3. The Morgan fingerprint density at radius 3 is 2.57 bits per heavy atom. The average Bonchev–Trinajstić information content (AvgIpc) is 3.33. The van der Waals surface area contributed by atoms with E-state index in [0.717, 1.165) is 43.2 Å². The van der Waals surface area contributed by atoms with Gasteiger partial charge in [0.05, 0.1) is 6.10 Å². The second-order valence-corrected chi connectivity index (χ2v) is 8.70. The van der Waals surface area contributed by atoms with Crippen LogP contribution in [0.25, 0.3) is 0 Å². The van der Waals surface area contributed by atoms with Gasteiger partial charge in [-0.15, -0.1) is 0 Å². The standard InChI is InChI=1S/C21H41NO/c1-6-11-23-20-12-18(10-8-9-15(20)3)21(17(5)7-2)13-19(21)16(4)14-22/h15-20H,6-14,22H2,1-5H3. The smallest absolute Gasteiger partial charge is 0.0603 e. The highest BCUT2D eigenvalue weighted by Crippen LogP contribution is 2.68. The van der Waals surface area contributed by atoms with Crippen molar-refractivity contribution in [1.82, 2.24) is 0 Å². The van der Waals surface area contributed by atoms with Gasteiger partial charge < -0.3 is 10.5 Å². The Labute approximate surface area is 144 Å². The molecule has 2 rings (SSSR count). The summed E-state index contributed by atoms with van der Waals surface area (Å²) >= 11 is 0. The molecule has 2 saturated carbocycles. The van der Waals surface area contributed by atoms with E-state index in [1.54, 1.807) is 0 Å². The van der Waals surface area contributed by atoms with Crippen LogP contribution in [0.5, 0.6) is 0 Å². The first-order valence-electron chi connectivity index (χ1n) is 10.3. The van der Waals surface area contributed by atoms with Crippen molar-refractivity contribution in [3.8, 4) is 0 Å². The lowest BCUT2D eigenvalue weighted by atomic mass is 9.71. The highest BCUT2D eigenvalue weighted by molar-refractivity contribution is 5.10. The van der Waals surface area contributed by atoms with Crippen molar-refractivity contribution in [1.29, 1.82) is 0 Å². The fraction of sp³-hybridized carbons (Fsp3) is 1.00. The summed E-state index contributed by atoms with van der Waals surface area (Å²) in [5, 5.41) is 0. The van der Waals surface area contributed by atoms with Crippen molar-refractivity contribution in [3.63, 3.8) is 0 Å². The molecule has 7 unspecified atom stereocenters. The first-order valence-corrected chi connectivity index (χ1v) is 10.3. The molecule has 2 heteroatoms. The Bertz CT molecular complexity index is 358. The highest BCUT2D eigenvalue weighted by Gasteiger charge is 2.62. The minimum atomic E-state index is 0.484. The zero-order chi connectivity index (χ0) is 17.0. The normalized spacial score (nSPS) is 40.4. The van der Waals surface area contributed by atoms with Gasteiger partial charge in [-0.1, -0.05) is 47.5 Å². The summed E-state index contributed by atoms with van der Waals surface area (Å²) in [5.41, 5.74) is 6.59. The van der Waals surface area contributed by atoms with Gasteiger partial charge in [-0.3, -0.25) is 0 Å². The summed E-state index contributed by atoms with van der Waals surface area (Å²) < 4.78 is 6.29. The second-order valence-electron chi connectivity index (χ2n) is 8.70. The molecule has 0 amide bonds. The molecule has 2 fully saturated rings. The van der Waals surface area contributed by atoms with Crippen LogP contribution in [0.15, 0.2) is 0 Å². The first kappa shape index (κ1) is 19.2. The van der Waals surface area contributed by atoms with Crippen molar-refractivity contribution in [2.45, 2.75) is 85.7 Å². The molecular formula is C21H41NO. The summed E-state index contributed by atoms with van der Waals surface area (Å²) in [6, 6.07) is 0. The molecule has 0 aromatic carbocycles. The molecule has 0 radical (unpaired) electrons. The molecular weight excluding hydrogens is 282 g/mol. The maximum atomic E-state index is 6.29. The fourth-order valence-electron chi connectivity index (χ4n) is 5.53. The lowest BCUT2D eigenvalue weighted by Crippen LogP contribution is -2.32. The summed E-state index contributed by atoms with van der Waals surface area (Å²) in [5.74, 6) is 3.94. The number of ether oxygens (including phenoxy) is 1. The van der Waals surface area contributed by atoms with Gasteiger partial charge in [-0.05, 0) is 73.7 Å². The van der Waals surface area contributed by atoms with Gasteiger partial charge in [0, 0.05) is 6.61 Å². The summed E-state index contributed by atoms with van der Waals surface area (Å²) in [6.45, 7) is 13.7. The number of hydrogen-bond acceptors (Lipinski definition) is 2. The Balaban J connectivity index is 2.14. The van der Waals surface area contributed by atoms with Crippen molar-refractivity contribution < 1.29 is 4.74 Å². The van der Waals surface area contributed by atoms with Crippen LogP contribution in [0.2, 0.25) is 0 Å². The van der Waals surface area contributed by atoms with Crippen LogP contribution in [0.3, 0.4) is 0 Å². The topological polar surface area (TPSA) is 35.2 Å². The lowest BCUT2D eigenvalue weighted by Gasteiger charge is -2.36. The summed E-state index contributed by atoms with van der Waals surface area (Å²) in [7, 11) is 0. The molecule has 0 saturated heterocycles. The molecule has 2 N–H and O–H groups in total. The molecule has 2 aliphatic rings. The SMILES string of the molecule is CCCOC1CC(C2(C(C)CC)CC2C(C)CN)CCCC1C. The van der Waals surface area contributed by atoms with E-state index in [1.807, 2.05) is 0 Å². The fourth-order valence-corrected chi connectivity index (χ4v) is 5.53. The zero-order valence-corrected chi connectivity index (χ0v) is 16.3. The lowest BCUT2D eigenvalue weighted by molar-refractivity contribution is -0.00652. The quantitative estimate of drug-likeness (QED) is 0.619. The van der Waals surface area contributed by atoms with Crippen LogP contribution < -0.4 is 5.73 Å². The average molecular weight is 324 g/mol. The third-order valence-electron chi connectivity index (χ3n) is 7.35. The molecule has 136 valence electrons. The van der Waals surface area contributed by atoms with Crippen LogP contribution in [-0.4, -0.2) is 19.3 Å².